The van der Waals surface area contributed by atoms with Gasteiger partial charge >= 0.3 is 8.80 Å². The van der Waals surface area contributed by atoms with Crippen LogP contribution in [0.2, 0.25) is 6.04 Å². The Bertz CT molecular complexity index is 277. The van der Waals surface area contributed by atoms with E-state index in [2.05, 4.69) is 20.8 Å². The van der Waals surface area contributed by atoms with E-state index in [4.69, 9.17) is 13.3 Å². The molecule has 0 aromatic rings. The maximum atomic E-state index is 5.63. The SMILES string of the molecule is CCCCC[N+](CCCCC)(CCCCC)CCC[Si](OC)(OC)OC. The largest absolute Gasteiger partial charge is 0.500 e. The third kappa shape index (κ3) is 10.4. The molecule has 0 spiro atoms. The van der Waals surface area contributed by atoms with E-state index in [1.54, 1.807) is 21.3 Å². The van der Waals surface area contributed by atoms with Gasteiger partial charge in [0.2, 0.25) is 0 Å². The van der Waals surface area contributed by atoms with E-state index >= 15 is 0 Å². The van der Waals surface area contributed by atoms with Gasteiger partial charge in [0.25, 0.3) is 0 Å². The minimum atomic E-state index is -2.44. The summed E-state index contributed by atoms with van der Waals surface area (Å²) < 4.78 is 18.2. The van der Waals surface area contributed by atoms with Crippen molar-refractivity contribution in [3.63, 3.8) is 0 Å². The van der Waals surface area contributed by atoms with E-state index in [1.165, 1.54) is 88.4 Å². The molecule has 0 saturated heterocycles. The predicted molar refractivity (Wildman–Crippen MR) is 115 cm³/mol. The molecule has 0 unspecified atom stereocenters. The first-order valence-electron chi connectivity index (χ1n) is 11.1. The molecule has 0 rings (SSSR count). The van der Waals surface area contributed by atoms with Crippen LogP contribution in [0.15, 0.2) is 0 Å². The first-order chi connectivity index (χ1) is 12.6. The molecule has 0 aliphatic carbocycles. The van der Waals surface area contributed by atoms with Crippen LogP contribution in [0.4, 0.5) is 0 Å². The van der Waals surface area contributed by atoms with Gasteiger partial charge < -0.3 is 17.8 Å². The fraction of sp³-hybridized carbons (Fsp3) is 1.00. The Balaban J connectivity index is 4.95. The fourth-order valence-corrected chi connectivity index (χ4v) is 5.65. The zero-order chi connectivity index (χ0) is 19.7. The molecule has 4 nitrogen and oxygen atoms in total. The van der Waals surface area contributed by atoms with Gasteiger partial charge in [-0.25, -0.2) is 0 Å². The van der Waals surface area contributed by atoms with Gasteiger partial charge in [0.1, 0.15) is 0 Å². The summed E-state index contributed by atoms with van der Waals surface area (Å²) >= 11 is 0. The highest BCUT2D eigenvalue weighted by Crippen LogP contribution is 2.21. The van der Waals surface area contributed by atoms with Crippen LogP contribution >= 0.6 is 0 Å². The van der Waals surface area contributed by atoms with Crippen molar-refractivity contribution in [2.24, 2.45) is 0 Å². The lowest BCUT2D eigenvalue weighted by atomic mass is 10.1. The first-order valence-corrected chi connectivity index (χ1v) is 13.0. The van der Waals surface area contributed by atoms with Crippen LogP contribution in [0.5, 0.6) is 0 Å². The van der Waals surface area contributed by atoms with E-state index in [1.807, 2.05) is 0 Å². The molecule has 0 saturated carbocycles. The molecule has 0 atom stereocenters. The minimum absolute atomic E-state index is 0.922. The minimum Gasteiger partial charge on any atom is -0.377 e. The molecular weight excluding hydrogens is 342 g/mol. The highest BCUT2D eigenvalue weighted by Gasteiger charge is 2.38. The summed E-state index contributed by atoms with van der Waals surface area (Å²) in [7, 11) is 2.74. The van der Waals surface area contributed by atoms with Crippen LogP contribution in [0, 0.1) is 0 Å². The molecule has 0 fully saturated rings. The maximum Gasteiger partial charge on any atom is 0.500 e. The molecule has 0 aromatic heterocycles. The summed E-state index contributed by atoms with van der Waals surface area (Å²) in [4.78, 5) is 0. The van der Waals surface area contributed by atoms with Crippen molar-refractivity contribution in [2.75, 3.05) is 47.5 Å². The van der Waals surface area contributed by atoms with E-state index in [0.717, 1.165) is 12.5 Å². The van der Waals surface area contributed by atoms with Crippen molar-refractivity contribution in [1.29, 1.82) is 0 Å². The number of quaternary nitrogens is 1. The van der Waals surface area contributed by atoms with Crippen molar-refractivity contribution in [3.05, 3.63) is 0 Å². The number of rotatable bonds is 19. The topological polar surface area (TPSA) is 27.7 Å². The molecule has 0 radical (unpaired) electrons. The molecule has 0 amide bonds. The normalized spacial score (nSPS) is 12.7. The van der Waals surface area contributed by atoms with Crippen molar-refractivity contribution in [1.82, 2.24) is 0 Å². The fourth-order valence-electron chi connectivity index (χ4n) is 3.95. The summed E-state index contributed by atoms with van der Waals surface area (Å²) in [6, 6.07) is 0.922. The van der Waals surface area contributed by atoms with Gasteiger partial charge in [-0.2, -0.15) is 0 Å². The van der Waals surface area contributed by atoms with Gasteiger partial charge in [-0.1, -0.05) is 40.0 Å². The summed E-state index contributed by atoms with van der Waals surface area (Å²) in [5, 5.41) is 0. The lowest BCUT2D eigenvalue weighted by Gasteiger charge is -2.40. The Labute approximate surface area is 165 Å². The van der Waals surface area contributed by atoms with E-state index in [0.29, 0.717) is 0 Å². The van der Waals surface area contributed by atoms with Gasteiger partial charge in [-0.05, 0) is 38.5 Å². The Morgan fingerprint density at radius 3 is 1.19 bits per heavy atom. The highest BCUT2D eigenvalue weighted by molar-refractivity contribution is 6.60. The third-order valence-electron chi connectivity index (χ3n) is 5.76. The Morgan fingerprint density at radius 1 is 0.538 bits per heavy atom. The Morgan fingerprint density at radius 2 is 0.885 bits per heavy atom. The summed E-state index contributed by atoms with van der Waals surface area (Å²) in [6.45, 7) is 12.2. The van der Waals surface area contributed by atoms with Crippen LogP contribution in [0.25, 0.3) is 0 Å². The molecule has 26 heavy (non-hydrogen) atoms. The van der Waals surface area contributed by atoms with Crippen molar-refractivity contribution in [3.8, 4) is 0 Å². The summed E-state index contributed by atoms with van der Waals surface area (Å²) in [6.07, 6.45) is 13.2. The van der Waals surface area contributed by atoms with E-state index in [-0.39, 0.29) is 0 Å². The number of nitrogens with zero attached hydrogens (tertiary/aromatic N) is 1. The molecule has 0 heterocycles. The average molecular weight is 391 g/mol. The van der Waals surface area contributed by atoms with Crippen LogP contribution in [0.1, 0.15) is 85.0 Å². The Kier molecular flexibility index (Phi) is 16.1. The molecule has 0 aliphatic rings. The lowest BCUT2D eigenvalue weighted by molar-refractivity contribution is -0.929. The molecule has 158 valence electrons. The van der Waals surface area contributed by atoms with Gasteiger partial charge in [0, 0.05) is 33.8 Å². The number of hydrogen-bond donors (Lipinski definition) is 0. The zero-order valence-corrected chi connectivity index (χ0v) is 19.8. The van der Waals surface area contributed by atoms with Crippen LogP contribution in [-0.2, 0) is 13.3 Å². The monoisotopic (exact) mass is 390 g/mol. The standard InChI is InChI=1S/C21H48NO3Si/c1-7-10-13-17-22(18-14-11-8-2,19-15-12-9-3)20-16-21-26(23-4,24-5)25-6/h7-21H2,1-6H3/q+1. The van der Waals surface area contributed by atoms with Crippen molar-refractivity contribution in [2.45, 2.75) is 91.0 Å². The van der Waals surface area contributed by atoms with E-state index in [9.17, 15) is 0 Å². The molecule has 0 aromatic carbocycles. The van der Waals surface area contributed by atoms with Crippen LogP contribution in [0.3, 0.4) is 0 Å². The van der Waals surface area contributed by atoms with E-state index < -0.39 is 8.80 Å². The highest BCUT2D eigenvalue weighted by atomic mass is 28.4. The summed E-state index contributed by atoms with van der Waals surface area (Å²) in [5.41, 5.74) is 0. The molecule has 0 aliphatic heterocycles. The molecule has 0 N–H and O–H groups in total. The van der Waals surface area contributed by atoms with Gasteiger partial charge in [-0.3, -0.25) is 0 Å². The smallest absolute Gasteiger partial charge is 0.377 e. The number of unbranched alkanes of at least 4 members (excludes halogenated alkanes) is 6. The van der Waals surface area contributed by atoms with Crippen molar-refractivity contribution >= 4 is 8.80 Å². The first kappa shape index (κ1) is 26.1. The molecule has 5 heteroatoms. The third-order valence-corrected chi connectivity index (χ3v) is 8.59. The second kappa shape index (κ2) is 16.1. The number of hydrogen-bond acceptors (Lipinski definition) is 3. The zero-order valence-electron chi connectivity index (χ0n) is 18.8. The second-order valence-electron chi connectivity index (χ2n) is 7.76. The summed E-state index contributed by atoms with van der Waals surface area (Å²) in [5.74, 6) is 0. The Hall–Kier alpha value is 0.0569. The average Bonchev–Trinajstić information content (AvgIpc) is 2.66. The quantitative estimate of drug-likeness (QED) is 0.162. The van der Waals surface area contributed by atoms with Crippen molar-refractivity contribution < 1.29 is 17.8 Å². The molecular formula is C21H48NO3Si+. The van der Waals surface area contributed by atoms with Crippen LogP contribution in [-0.4, -0.2) is 60.8 Å². The lowest BCUT2D eigenvalue weighted by Crippen LogP contribution is -2.52. The van der Waals surface area contributed by atoms with Gasteiger partial charge in [-0.15, -0.1) is 0 Å². The van der Waals surface area contributed by atoms with Gasteiger partial charge in [0.15, 0.2) is 0 Å². The predicted octanol–water partition coefficient (Wildman–Crippen LogP) is 5.64. The van der Waals surface area contributed by atoms with Gasteiger partial charge in [0.05, 0.1) is 26.2 Å². The second-order valence-corrected chi connectivity index (χ2v) is 10.8. The maximum absolute atomic E-state index is 5.63. The molecule has 0 bridgehead atoms. The van der Waals surface area contributed by atoms with Crippen LogP contribution < -0.4 is 0 Å².